The number of nitrogens with one attached hydrogen (secondary N) is 1. The van der Waals surface area contributed by atoms with E-state index in [1.54, 1.807) is 12.1 Å². The monoisotopic (exact) mass is 382 g/mol. The summed E-state index contributed by atoms with van der Waals surface area (Å²) in [5.74, 6) is -0.286. The van der Waals surface area contributed by atoms with Gasteiger partial charge in [-0.15, -0.1) is 0 Å². The van der Waals surface area contributed by atoms with Gasteiger partial charge in [-0.2, -0.15) is 5.26 Å². The lowest BCUT2D eigenvalue weighted by Gasteiger charge is -2.15. The number of halogens is 2. The molecule has 0 aliphatic rings. The quantitative estimate of drug-likeness (QED) is 0.669. The molecule has 0 aliphatic carbocycles. The van der Waals surface area contributed by atoms with Crippen molar-refractivity contribution in [3.63, 3.8) is 0 Å². The molecule has 0 radical (unpaired) electrons. The third-order valence-electron chi connectivity index (χ3n) is 4.13. The highest BCUT2D eigenvalue weighted by molar-refractivity contribution is 6.31. The van der Waals surface area contributed by atoms with Gasteiger partial charge in [-0.1, -0.05) is 48.0 Å². The number of fused-ring (bicyclic) bond motifs is 1. The summed E-state index contributed by atoms with van der Waals surface area (Å²) in [6.45, 7) is 0.158. The van der Waals surface area contributed by atoms with Crippen LogP contribution in [0.15, 0.2) is 54.6 Å². The molecule has 0 atom stereocenters. The van der Waals surface area contributed by atoms with Crippen molar-refractivity contribution in [2.75, 3.05) is 0 Å². The zero-order valence-electron chi connectivity index (χ0n) is 14.3. The molecule has 4 nitrogen and oxygen atoms in total. The number of rotatable bonds is 6. The lowest BCUT2D eigenvalue weighted by Crippen LogP contribution is -2.22. The van der Waals surface area contributed by atoms with Gasteiger partial charge < -0.3 is 10.1 Å². The number of nitriles is 1. The second-order valence-electron chi connectivity index (χ2n) is 5.86. The van der Waals surface area contributed by atoms with Crippen LogP contribution in [0.1, 0.15) is 17.5 Å². The van der Waals surface area contributed by atoms with Crippen LogP contribution >= 0.6 is 11.6 Å². The SMILES string of the molecule is N#CCC(=O)NCc1c(OCc2c(F)cccc2Cl)ccc2ccccc12. The minimum absolute atomic E-state index is 0.0387. The number of amides is 1. The molecule has 0 aliphatic heterocycles. The molecule has 6 heteroatoms. The van der Waals surface area contributed by atoms with Crippen LogP contribution in [0.4, 0.5) is 4.39 Å². The van der Waals surface area contributed by atoms with Crippen LogP contribution in [0, 0.1) is 17.1 Å². The molecule has 0 fully saturated rings. The smallest absolute Gasteiger partial charge is 0.234 e. The average Bonchev–Trinajstić information content (AvgIpc) is 2.66. The molecule has 3 aromatic rings. The molecule has 0 bridgehead atoms. The first kappa shape index (κ1) is 18.7. The van der Waals surface area contributed by atoms with Crippen molar-refractivity contribution in [3.05, 3.63) is 76.6 Å². The number of ether oxygens (including phenoxy) is 1. The van der Waals surface area contributed by atoms with E-state index in [0.717, 1.165) is 16.3 Å². The highest BCUT2D eigenvalue weighted by atomic mass is 35.5. The zero-order chi connectivity index (χ0) is 19.2. The molecule has 0 spiro atoms. The lowest BCUT2D eigenvalue weighted by molar-refractivity contribution is -0.120. The fourth-order valence-corrected chi connectivity index (χ4v) is 2.99. The van der Waals surface area contributed by atoms with Gasteiger partial charge in [0.25, 0.3) is 0 Å². The second kappa shape index (κ2) is 8.52. The van der Waals surface area contributed by atoms with E-state index < -0.39 is 5.82 Å². The Hall–Kier alpha value is -3.10. The molecule has 0 unspecified atom stereocenters. The molecule has 3 rings (SSSR count). The van der Waals surface area contributed by atoms with Crippen LogP contribution in [-0.2, 0) is 17.9 Å². The summed E-state index contributed by atoms with van der Waals surface area (Å²) in [5, 5.41) is 13.5. The fourth-order valence-electron chi connectivity index (χ4n) is 2.77. The molecule has 3 aromatic carbocycles. The van der Waals surface area contributed by atoms with Gasteiger partial charge >= 0.3 is 0 Å². The van der Waals surface area contributed by atoms with Gasteiger partial charge in [0, 0.05) is 17.7 Å². The fraction of sp³-hybridized carbons (Fsp3) is 0.143. The Labute approximate surface area is 161 Å². The van der Waals surface area contributed by atoms with Crippen molar-refractivity contribution >= 4 is 28.3 Å². The van der Waals surface area contributed by atoms with E-state index in [-0.39, 0.29) is 31.0 Å². The topological polar surface area (TPSA) is 62.1 Å². The molecule has 0 aromatic heterocycles. The first-order valence-electron chi connectivity index (χ1n) is 8.30. The van der Waals surface area contributed by atoms with Crippen LogP contribution < -0.4 is 10.1 Å². The standard InChI is InChI=1S/C21H16ClFN2O2/c22-18-6-3-7-19(23)17(18)13-27-20-9-8-14-4-1-2-5-15(14)16(20)12-25-21(26)10-11-24/h1-9H,10,12-13H2,(H,25,26). The third kappa shape index (κ3) is 4.36. The van der Waals surface area contributed by atoms with Crippen molar-refractivity contribution in [3.8, 4) is 11.8 Å². The van der Waals surface area contributed by atoms with Gasteiger partial charge in [-0.05, 0) is 29.0 Å². The number of benzene rings is 3. The average molecular weight is 383 g/mol. The van der Waals surface area contributed by atoms with Crippen molar-refractivity contribution < 1.29 is 13.9 Å². The van der Waals surface area contributed by atoms with E-state index in [9.17, 15) is 9.18 Å². The first-order valence-corrected chi connectivity index (χ1v) is 8.68. The molecular weight excluding hydrogens is 367 g/mol. The van der Waals surface area contributed by atoms with Crippen molar-refractivity contribution in [2.24, 2.45) is 0 Å². The normalized spacial score (nSPS) is 10.4. The van der Waals surface area contributed by atoms with E-state index in [1.165, 1.54) is 12.1 Å². The summed E-state index contributed by atoms with van der Waals surface area (Å²) in [7, 11) is 0. The maximum Gasteiger partial charge on any atom is 0.234 e. The van der Waals surface area contributed by atoms with E-state index in [0.29, 0.717) is 10.8 Å². The number of carbonyl (C=O) groups excluding carboxylic acids is 1. The van der Waals surface area contributed by atoms with Gasteiger partial charge in [-0.3, -0.25) is 4.79 Å². The largest absolute Gasteiger partial charge is 0.488 e. The summed E-state index contributed by atoms with van der Waals surface area (Å²) in [5.41, 5.74) is 1.03. The zero-order valence-corrected chi connectivity index (χ0v) is 15.1. The summed E-state index contributed by atoms with van der Waals surface area (Å²) >= 11 is 6.06. The molecule has 0 saturated carbocycles. The van der Waals surface area contributed by atoms with Crippen LogP contribution in [0.25, 0.3) is 10.8 Å². The van der Waals surface area contributed by atoms with Crippen LogP contribution in [-0.4, -0.2) is 5.91 Å². The number of carbonyl (C=O) groups is 1. The third-order valence-corrected chi connectivity index (χ3v) is 4.49. The summed E-state index contributed by atoms with van der Waals surface area (Å²) < 4.78 is 19.8. The number of nitrogens with zero attached hydrogens (tertiary/aromatic N) is 1. The Morgan fingerprint density at radius 3 is 2.70 bits per heavy atom. The molecule has 27 heavy (non-hydrogen) atoms. The second-order valence-corrected chi connectivity index (χ2v) is 6.27. The Kier molecular flexibility index (Phi) is 5.90. The van der Waals surface area contributed by atoms with Gasteiger partial charge in [-0.25, -0.2) is 4.39 Å². The predicted octanol–water partition coefficient (Wildman–Crippen LogP) is 4.74. The first-order chi connectivity index (χ1) is 13.1. The highest BCUT2D eigenvalue weighted by Crippen LogP contribution is 2.30. The highest BCUT2D eigenvalue weighted by Gasteiger charge is 2.13. The van der Waals surface area contributed by atoms with Gasteiger partial charge in [0.1, 0.15) is 24.6 Å². The summed E-state index contributed by atoms with van der Waals surface area (Å²) in [4.78, 5) is 11.7. The van der Waals surface area contributed by atoms with E-state index >= 15 is 0 Å². The van der Waals surface area contributed by atoms with Crippen LogP contribution in [0.3, 0.4) is 0 Å². The van der Waals surface area contributed by atoms with Crippen LogP contribution in [0.2, 0.25) is 5.02 Å². The van der Waals surface area contributed by atoms with E-state index in [1.807, 2.05) is 36.4 Å². The predicted molar refractivity (Wildman–Crippen MR) is 102 cm³/mol. The van der Waals surface area contributed by atoms with Gasteiger partial charge in [0.05, 0.1) is 11.1 Å². The molecule has 0 heterocycles. The molecule has 1 N–H and O–H groups in total. The van der Waals surface area contributed by atoms with Crippen molar-refractivity contribution in [1.29, 1.82) is 5.26 Å². The Morgan fingerprint density at radius 1 is 1.11 bits per heavy atom. The Morgan fingerprint density at radius 2 is 1.93 bits per heavy atom. The van der Waals surface area contributed by atoms with Crippen LogP contribution in [0.5, 0.6) is 5.75 Å². The van der Waals surface area contributed by atoms with Gasteiger partial charge in [0.2, 0.25) is 5.91 Å². The van der Waals surface area contributed by atoms with Crippen molar-refractivity contribution in [2.45, 2.75) is 19.6 Å². The maximum atomic E-state index is 14.0. The lowest BCUT2D eigenvalue weighted by atomic mass is 10.0. The molecular formula is C21H16ClFN2O2. The van der Waals surface area contributed by atoms with E-state index in [2.05, 4.69) is 5.32 Å². The minimum atomic E-state index is -0.438. The molecule has 1 amide bonds. The summed E-state index contributed by atoms with van der Waals surface area (Å²) in [6.07, 6.45) is -0.216. The minimum Gasteiger partial charge on any atom is -0.488 e. The maximum absolute atomic E-state index is 14.0. The number of hydrogen-bond donors (Lipinski definition) is 1. The van der Waals surface area contributed by atoms with Crippen molar-refractivity contribution in [1.82, 2.24) is 5.32 Å². The Bertz CT molecular complexity index is 1010. The van der Waals surface area contributed by atoms with Gasteiger partial charge in [0.15, 0.2) is 0 Å². The molecule has 136 valence electrons. The molecule has 0 saturated heterocycles. The van der Waals surface area contributed by atoms with E-state index in [4.69, 9.17) is 21.6 Å². The number of hydrogen-bond acceptors (Lipinski definition) is 3. The summed E-state index contributed by atoms with van der Waals surface area (Å²) in [6, 6.07) is 17.6. The Balaban J connectivity index is 1.91.